The van der Waals surface area contributed by atoms with Crippen molar-refractivity contribution in [2.75, 3.05) is 19.8 Å². The van der Waals surface area contributed by atoms with E-state index in [9.17, 15) is 10.1 Å². The first-order valence-corrected chi connectivity index (χ1v) is 4.68. The van der Waals surface area contributed by atoms with Crippen LogP contribution in [0.3, 0.4) is 0 Å². The number of nitrogens with one attached hydrogen (secondary N) is 1. The lowest BCUT2D eigenvalue weighted by atomic mass is 10.2. The summed E-state index contributed by atoms with van der Waals surface area (Å²) in [4.78, 5) is 10.0. The van der Waals surface area contributed by atoms with Gasteiger partial charge in [0.2, 0.25) is 0 Å². The van der Waals surface area contributed by atoms with Gasteiger partial charge in [-0.25, -0.2) is 0 Å². The zero-order valence-electron chi connectivity index (χ0n) is 8.34. The predicted octanol–water partition coefficient (Wildman–Crippen LogP) is -0.0108. The van der Waals surface area contributed by atoms with Crippen molar-refractivity contribution < 1.29 is 9.66 Å². The molecule has 1 fully saturated rings. The van der Waals surface area contributed by atoms with E-state index >= 15 is 0 Å². The highest BCUT2D eigenvalue weighted by atomic mass is 16.6. The Kier molecular flexibility index (Phi) is 2.65. The number of hydrogen-bond acceptors (Lipinski definition) is 5. The van der Waals surface area contributed by atoms with Crippen molar-refractivity contribution >= 4 is 5.82 Å². The highest BCUT2D eigenvalue weighted by molar-refractivity contribution is 5.24. The van der Waals surface area contributed by atoms with Crippen LogP contribution in [-0.4, -0.2) is 34.5 Å². The van der Waals surface area contributed by atoms with Gasteiger partial charge in [-0.1, -0.05) is 0 Å². The third-order valence-corrected chi connectivity index (χ3v) is 2.37. The maximum Gasteiger partial charge on any atom is 0.390 e. The highest BCUT2D eigenvalue weighted by Crippen LogP contribution is 2.19. The van der Waals surface area contributed by atoms with Crippen LogP contribution in [0.4, 0.5) is 5.82 Å². The molecule has 1 saturated heterocycles. The predicted molar refractivity (Wildman–Crippen MR) is 51.4 cm³/mol. The number of nitro groups is 1. The van der Waals surface area contributed by atoms with E-state index in [1.165, 1.54) is 10.7 Å². The lowest BCUT2D eigenvalue weighted by Gasteiger charge is -2.22. The van der Waals surface area contributed by atoms with Gasteiger partial charge in [0.15, 0.2) is 0 Å². The van der Waals surface area contributed by atoms with Crippen LogP contribution < -0.4 is 5.32 Å². The minimum absolute atomic E-state index is 0.00931. The van der Waals surface area contributed by atoms with E-state index in [0.29, 0.717) is 13.2 Å². The van der Waals surface area contributed by atoms with Crippen molar-refractivity contribution in [2.24, 2.45) is 7.05 Å². The molecule has 0 aliphatic carbocycles. The molecular weight excluding hydrogens is 200 g/mol. The summed E-state index contributed by atoms with van der Waals surface area (Å²) in [6, 6.07) is 1.47. The SMILES string of the molecule is Cn1nc([N+](=O)[O-])cc1C1COCCN1. The van der Waals surface area contributed by atoms with Crippen LogP contribution in [0.15, 0.2) is 6.07 Å². The molecule has 15 heavy (non-hydrogen) atoms. The van der Waals surface area contributed by atoms with Crippen LogP contribution in [0.25, 0.3) is 0 Å². The summed E-state index contributed by atoms with van der Waals surface area (Å²) in [6.45, 7) is 1.96. The summed E-state index contributed by atoms with van der Waals surface area (Å²) in [5, 5.41) is 17.6. The molecule has 7 heteroatoms. The van der Waals surface area contributed by atoms with E-state index in [1.54, 1.807) is 7.05 Å². The number of hydrogen-bond donors (Lipinski definition) is 1. The molecule has 1 aliphatic rings. The first-order valence-electron chi connectivity index (χ1n) is 4.68. The first-order chi connectivity index (χ1) is 7.18. The van der Waals surface area contributed by atoms with Gasteiger partial charge >= 0.3 is 5.82 Å². The molecule has 1 unspecified atom stereocenters. The van der Waals surface area contributed by atoms with Gasteiger partial charge in [-0.3, -0.25) is 0 Å². The van der Waals surface area contributed by atoms with Gasteiger partial charge in [0.25, 0.3) is 0 Å². The quantitative estimate of drug-likeness (QED) is 0.550. The van der Waals surface area contributed by atoms with Crippen LogP contribution in [0, 0.1) is 10.1 Å². The zero-order chi connectivity index (χ0) is 10.8. The monoisotopic (exact) mass is 212 g/mol. The molecule has 1 atom stereocenters. The molecule has 1 aliphatic heterocycles. The fourth-order valence-corrected chi connectivity index (χ4v) is 1.64. The van der Waals surface area contributed by atoms with Crippen molar-refractivity contribution in [3.63, 3.8) is 0 Å². The highest BCUT2D eigenvalue weighted by Gasteiger charge is 2.24. The summed E-state index contributed by atoms with van der Waals surface area (Å²) in [6.07, 6.45) is 0. The summed E-state index contributed by atoms with van der Waals surface area (Å²) in [7, 11) is 1.69. The van der Waals surface area contributed by atoms with Crippen LogP contribution in [0.5, 0.6) is 0 Å². The number of aryl methyl sites for hydroxylation is 1. The second-order valence-corrected chi connectivity index (χ2v) is 3.39. The fraction of sp³-hybridized carbons (Fsp3) is 0.625. The van der Waals surface area contributed by atoms with Gasteiger partial charge in [0.1, 0.15) is 0 Å². The fourth-order valence-electron chi connectivity index (χ4n) is 1.64. The second-order valence-electron chi connectivity index (χ2n) is 3.39. The Hall–Kier alpha value is -1.47. The second kappa shape index (κ2) is 3.95. The van der Waals surface area contributed by atoms with E-state index in [2.05, 4.69) is 10.4 Å². The molecule has 0 spiro atoms. The van der Waals surface area contributed by atoms with Crippen molar-refractivity contribution in [1.29, 1.82) is 0 Å². The third-order valence-electron chi connectivity index (χ3n) is 2.37. The minimum Gasteiger partial charge on any atom is -0.378 e. The molecule has 0 bridgehead atoms. The van der Waals surface area contributed by atoms with Crippen LogP contribution in [-0.2, 0) is 11.8 Å². The first kappa shape index (κ1) is 10.1. The molecule has 2 heterocycles. The average Bonchev–Trinajstić information content (AvgIpc) is 2.62. The summed E-state index contributed by atoms with van der Waals surface area (Å²) >= 11 is 0. The molecule has 7 nitrogen and oxygen atoms in total. The summed E-state index contributed by atoms with van der Waals surface area (Å²) in [5.74, 6) is -0.125. The van der Waals surface area contributed by atoms with E-state index in [-0.39, 0.29) is 11.9 Å². The van der Waals surface area contributed by atoms with E-state index in [1.807, 2.05) is 0 Å². The molecule has 1 aromatic heterocycles. The van der Waals surface area contributed by atoms with Crippen molar-refractivity contribution in [1.82, 2.24) is 15.1 Å². The summed E-state index contributed by atoms with van der Waals surface area (Å²) < 4.78 is 6.81. The standard InChI is InChI=1S/C8H12N4O3/c1-11-7(4-8(10-11)12(13)14)6-5-15-3-2-9-6/h4,6,9H,2-3,5H2,1H3. The normalized spacial score (nSPS) is 21.5. The van der Waals surface area contributed by atoms with E-state index in [0.717, 1.165) is 12.2 Å². The van der Waals surface area contributed by atoms with Crippen molar-refractivity contribution in [3.8, 4) is 0 Å². The van der Waals surface area contributed by atoms with Gasteiger partial charge in [0, 0.05) is 6.54 Å². The molecule has 0 radical (unpaired) electrons. The van der Waals surface area contributed by atoms with Gasteiger partial charge in [-0.15, -0.1) is 0 Å². The number of morpholine rings is 1. The zero-order valence-corrected chi connectivity index (χ0v) is 8.34. The maximum atomic E-state index is 10.5. The van der Waals surface area contributed by atoms with Gasteiger partial charge in [-0.2, -0.15) is 4.68 Å². The molecule has 0 saturated carbocycles. The van der Waals surface area contributed by atoms with Crippen LogP contribution in [0.1, 0.15) is 11.7 Å². The molecule has 0 aromatic carbocycles. The smallest absolute Gasteiger partial charge is 0.378 e. The largest absolute Gasteiger partial charge is 0.390 e. The van der Waals surface area contributed by atoms with Gasteiger partial charge < -0.3 is 20.2 Å². The molecule has 82 valence electrons. The molecule has 1 aromatic rings. The van der Waals surface area contributed by atoms with Crippen molar-refractivity contribution in [3.05, 3.63) is 21.9 Å². The number of rotatable bonds is 2. The lowest BCUT2D eigenvalue weighted by molar-refractivity contribution is -0.389. The minimum atomic E-state index is -0.493. The Labute approximate surface area is 86.2 Å². The topological polar surface area (TPSA) is 82.2 Å². The molecule has 2 rings (SSSR count). The Morgan fingerprint density at radius 2 is 2.60 bits per heavy atom. The summed E-state index contributed by atoms with van der Waals surface area (Å²) in [5.41, 5.74) is 0.779. The number of ether oxygens (including phenoxy) is 1. The number of aromatic nitrogens is 2. The maximum absolute atomic E-state index is 10.5. The Bertz CT molecular complexity index is 370. The van der Waals surface area contributed by atoms with Gasteiger partial charge in [0.05, 0.1) is 43.2 Å². The molecular formula is C8H12N4O3. The Morgan fingerprint density at radius 3 is 3.13 bits per heavy atom. The van der Waals surface area contributed by atoms with Crippen LogP contribution in [0.2, 0.25) is 0 Å². The molecule has 1 N–H and O–H groups in total. The average molecular weight is 212 g/mol. The van der Waals surface area contributed by atoms with Gasteiger partial charge in [-0.05, 0) is 4.92 Å². The molecule has 0 amide bonds. The van der Waals surface area contributed by atoms with Crippen LogP contribution >= 0.6 is 0 Å². The number of nitrogens with zero attached hydrogens (tertiary/aromatic N) is 3. The third kappa shape index (κ3) is 1.97. The lowest BCUT2D eigenvalue weighted by Crippen LogP contribution is -2.35. The van der Waals surface area contributed by atoms with E-state index < -0.39 is 4.92 Å². The Morgan fingerprint density at radius 1 is 1.80 bits per heavy atom. The van der Waals surface area contributed by atoms with E-state index in [4.69, 9.17) is 4.74 Å². The Balaban J connectivity index is 2.22. The van der Waals surface area contributed by atoms with Crippen molar-refractivity contribution in [2.45, 2.75) is 6.04 Å².